The lowest BCUT2D eigenvalue weighted by molar-refractivity contribution is -0.142. The molecule has 0 saturated carbocycles. The third-order valence-corrected chi connectivity index (χ3v) is 4.29. The fourth-order valence-electron chi connectivity index (χ4n) is 3.04. The van der Waals surface area contributed by atoms with Crippen molar-refractivity contribution < 1.29 is 22.7 Å². The predicted molar refractivity (Wildman–Crippen MR) is 92.7 cm³/mol. The summed E-state index contributed by atoms with van der Waals surface area (Å²) in [7, 11) is 1.54. The smallest absolute Gasteiger partial charge is 0.389 e. The van der Waals surface area contributed by atoms with E-state index in [0.717, 1.165) is 0 Å². The van der Waals surface area contributed by atoms with Crippen molar-refractivity contribution in [1.82, 2.24) is 24.8 Å². The van der Waals surface area contributed by atoms with Crippen LogP contribution in [0.4, 0.5) is 17.6 Å². The van der Waals surface area contributed by atoms with Crippen LogP contribution in [0.5, 0.6) is 0 Å². The van der Waals surface area contributed by atoms with E-state index in [1.54, 1.807) is 14.0 Å². The van der Waals surface area contributed by atoms with Gasteiger partial charge in [0.2, 0.25) is 0 Å². The first-order chi connectivity index (χ1) is 13.1. The Hall–Kier alpha value is -2.75. The summed E-state index contributed by atoms with van der Waals surface area (Å²) >= 11 is 0. The van der Waals surface area contributed by atoms with Crippen molar-refractivity contribution in [1.29, 1.82) is 0 Å². The number of aryl methyl sites for hydroxylation is 2. The van der Waals surface area contributed by atoms with Gasteiger partial charge in [-0.2, -0.15) is 33.3 Å². The Bertz CT molecular complexity index is 991. The molecule has 1 aromatic carbocycles. The Labute approximate surface area is 158 Å². The third-order valence-electron chi connectivity index (χ3n) is 4.29. The molecule has 2 heterocycles. The van der Waals surface area contributed by atoms with Gasteiger partial charge in [0.25, 0.3) is 0 Å². The first-order valence-corrected chi connectivity index (χ1v) is 8.61. The number of benzene rings is 1. The second-order valence-electron chi connectivity index (χ2n) is 6.43. The minimum absolute atomic E-state index is 0.0307. The van der Waals surface area contributed by atoms with Crippen LogP contribution in [0.15, 0.2) is 24.4 Å². The molecule has 0 aliphatic rings. The summed E-state index contributed by atoms with van der Waals surface area (Å²) in [6.45, 7) is 3.46. The van der Waals surface area contributed by atoms with E-state index in [-0.39, 0.29) is 28.9 Å². The SMILES string of the molecule is CCn1cc(Cc2nn(C)nc2-c2ccc(F)cc2[C@@H](C)O)c(C(F)(F)F)n1. The zero-order chi connectivity index (χ0) is 20.6. The molecule has 1 atom stereocenters. The van der Waals surface area contributed by atoms with Crippen LogP contribution in [-0.4, -0.2) is 29.9 Å². The highest BCUT2D eigenvalue weighted by Crippen LogP contribution is 2.34. The van der Waals surface area contributed by atoms with E-state index in [4.69, 9.17) is 0 Å². The second-order valence-corrected chi connectivity index (χ2v) is 6.43. The Morgan fingerprint density at radius 2 is 1.89 bits per heavy atom. The summed E-state index contributed by atoms with van der Waals surface area (Å²) in [6, 6.07) is 3.82. The highest BCUT2D eigenvalue weighted by Gasteiger charge is 2.37. The standard InChI is InChI=1S/C18H19F4N5O/c1-4-27-9-11(17(25-27)18(20,21)22)7-15-16(24-26(3)23-15)13-6-5-12(19)8-14(13)10(2)28/h5-6,8-10,28H,4,7H2,1-3H3/t10-/m1/s1. The molecule has 0 aliphatic carbocycles. The van der Waals surface area contributed by atoms with Crippen LogP contribution in [0.25, 0.3) is 11.3 Å². The van der Waals surface area contributed by atoms with Crippen molar-refractivity contribution in [2.75, 3.05) is 0 Å². The van der Waals surface area contributed by atoms with Crippen LogP contribution in [-0.2, 0) is 26.2 Å². The zero-order valence-corrected chi connectivity index (χ0v) is 15.5. The molecule has 2 aromatic heterocycles. The molecule has 1 N–H and O–H groups in total. The normalized spacial score (nSPS) is 13.1. The number of hydrogen-bond acceptors (Lipinski definition) is 4. The Balaban J connectivity index is 2.10. The maximum atomic E-state index is 13.6. The molecule has 3 rings (SSSR count). The molecule has 0 unspecified atom stereocenters. The molecule has 0 amide bonds. The van der Waals surface area contributed by atoms with Gasteiger partial charge in [-0.1, -0.05) is 0 Å². The number of aliphatic hydroxyl groups excluding tert-OH is 1. The van der Waals surface area contributed by atoms with Gasteiger partial charge in [-0.3, -0.25) is 4.68 Å². The zero-order valence-electron chi connectivity index (χ0n) is 15.5. The number of alkyl halides is 3. The van der Waals surface area contributed by atoms with E-state index in [0.29, 0.717) is 12.1 Å². The summed E-state index contributed by atoms with van der Waals surface area (Å²) in [5.41, 5.74) is 0.253. The van der Waals surface area contributed by atoms with Crippen LogP contribution in [0.2, 0.25) is 0 Å². The highest BCUT2D eigenvalue weighted by atomic mass is 19.4. The number of hydrogen-bond donors (Lipinski definition) is 1. The van der Waals surface area contributed by atoms with Gasteiger partial charge in [0.1, 0.15) is 11.5 Å². The van der Waals surface area contributed by atoms with Gasteiger partial charge in [0, 0.05) is 37.3 Å². The lowest BCUT2D eigenvalue weighted by Gasteiger charge is -2.11. The number of halogens is 4. The average Bonchev–Trinajstić information content (AvgIpc) is 3.18. The molecule has 3 aromatic rings. The summed E-state index contributed by atoms with van der Waals surface area (Å²) in [5.74, 6) is -0.534. The quantitative estimate of drug-likeness (QED) is 0.669. The summed E-state index contributed by atoms with van der Waals surface area (Å²) in [6.07, 6.45) is -4.41. The van der Waals surface area contributed by atoms with Gasteiger partial charge in [-0.25, -0.2) is 4.39 Å². The molecule has 0 aliphatic heterocycles. The molecule has 0 bridgehead atoms. The third kappa shape index (κ3) is 3.91. The average molecular weight is 397 g/mol. The van der Waals surface area contributed by atoms with Gasteiger partial charge < -0.3 is 5.11 Å². The fraction of sp³-hybridized carbons (Fsp3) is 0.389. The van der Waals surface area contributed by atoms with E-state index in [1.807, 2.05) is 0 Å². The van der Waals surface area contributed by atoms with Crippen molar-refractivity contribution in [2.24, 2.45) is 7.05 Å². The highest BCUT2D eigenvalue weighted by molar-refractivity contribution is 5.66. The first-order valence-electron chi connectivity index (χ1n) is 8.61. The lowest BCUT2D eigenvalue weighted by atomic mass is 9.97. The predicted octanol–water partition coefficient (Wildman–Crippen LogP) is 3.50. The van der Waals surface area contributed by atoms with Crippen LogP contribution < -0.4 is 0 Å². The molecule has 0 radical (unpaired) electrons. The molecule has 10 heteroatoms. The summed E-state index contributed by atoms with van der Waals surface area (Å²) in [4.78, 5) is 1.23. The number of rotatable bonds is 5. The second kappa shape index (κ2) is 7.34. The maximum absolute atomic E-state index is 13.6. The van der Waals surface area contributed by atoms with Crippen LogP contribution in [0.3, 0.4) is 0 Å². The number of aromatic nitrogens is 5. The Morgan fingerprint density at radius 3 is 2.50 bits per heavy atom. The monoisotopic (exact) mass is 397 g/mol. The van der Waals surface area contributed by atoms with Gasteiger partial charge in [-0.05, 0) is 37.6 Å². The lowest BCUT2D eigenvalue weighted by Crippen LogP contribution is -2.10. The molecule has 0 fully saturated rings. The molecular weight excluding hydrogens is 378 g/mol. The molecule has 150 valence electrons. The Morgan fingerprint density at radius 1 is 1.18 bits per heavy atom. The largest absolute Gasteiger partial charge is 0.435 e. The van der Waals surface area contributed by atoms with E-state index in [1.165, 1.54) is 40.8 Å². The number of nitrogens with zero attached hydrogens (tertiary/aromatic N) is 5. The first kappa shape index (κ1) is 20.0. The van der Waals surface area contributed by atoms with Crippen LogP contribution >= 0.6 is 0 Å². The van der Waals surface area contributed by atoms with Gasteiger partial charge in [-0.15, -0.1) is 0 Å². The van der Waals surface area contributed by atoms with E-state index < -0.39 is 23.8 Å². The Kier molecular flexibility index (Phi) is 5.24. The minimum Gasteiger partial charge on any atom is -0.389 e. The van der Waals surface area contributed by atoms with Crippen LogP contribution in [0.1, 0.15) is 42.5 Å². The van der Waals surface area contributed by atoms with Gasteiger partial charge in [0.05, 0.1) is 11.8 Å². The maximum Gasteiger partial charge on any atom is 0.435 e. The number of aliphatic hydroxyl groups is 1. The van der Waals surface area contributed by atoms with Gasteiger partial charge in [0.15, 0.2) is 5.69 Å². The molecular formula is C18H19F4N5O. The van der Waals surface area contributed by atoms with Crippen LogP contribution in [0, 0.1) is 5.82 Å². The molecule has 6 nitrogen and oxygen atoms in total. The van der Waals surface area contributed by atoms with E-state index >= 15 is 0 Å². The molecule has 0 saturated heterocycles. The summed E-state index contributed by atoms with van der Waals surface area (Å²) in [5, 5.41) is 22.0. The van der Waals surface area contributed by atoms with Crippen molar-refractivity contribution in [3.63, 3.8) is 0 Å². The molecule has 28 heavy (non-hydrogen) atoms. The van der Waals surface area contributed by atoms with E-state index in [9.17, 15) is 22.7 Å². The molecule has 0 spiro atoms. The van der Waals surface area contributed by atoms with Crippen molar-refractivity contribution >= 4 is 0 Å². The van der Waals surface area contributed by atoms with Crippen molar-refractivity contribution in [3.8, 4) is 11.3 Å². The van der Waals surface area contributed by atoms with Crippen molar-refractivity contribution in [3.05, 3.63) is 52.7 Å². The topological polar surface area (TPSA) is 68.8 Å². The summed E-state index contributed by atoms with van der Waals surface area (Å²) < 4.78 is 54.9. The minimum atomic E-state index is -4.60. The fourth-order valence-corrected chi connectivity index (χ4v) is 3.04. The van der Waals surface area contributed by atoms with Crippen molar-refractivity contribution in [2.45, 2.75) is 39.1 Å². The van der Waals surface area contributed by atoms with E-state index in [2.05, 4.69) is 15.3 Å². The van der Waals surface area contributed by atoms with Gasteiger partial charge >= 0.3 is 6.18 Å².